The topological polar surface area (TPSA) is 87.7 Å². The molecule has 1 aromatic carbocycles. The lowest BCUT2D eigenvalue weighted by molar-refractivity contribution is -0.124. The summed E-state index contributed by atoms with van der Waals surface area (Å²) in [4.78, 5) is 40.5. The van der Waals surface area contributed by atoms with Crippen LogP contribution in [0.4, 0.5) is 0 Å². The molecule has 0 aliphatic carbocycles. The van der Waals surface area contributed by atoms with Crippen molar-refractivity contribution in [1.82, 2.24) is 15.5 Å². The minimum atomic E-state index is -0.667. The third-order valence-corrected chi connectivity index (χ3v) is 6.43. The highest BCUT2D eigenvalue weighted by Gasteiger charge is 2.34. The molecule has 1 atom stereocenters. The van der Waals surface area contributed by atoms with Gasteiger partial charge in [0.05, 0.1) is 11.5 Å². The molecule has 1 aliphatic rings. The van der Waals surface area contributed by atoms with Crippen LogP contribution in [0, 0.1) is 5.92 Å². The van der Waals surface area contributed by atoms with E-state index in [2.05, 4.69) is 10.6 Å². The van der Waals surface area contributed by atoms with Gasteiger partial charge in [0.15, 0.2) is 0 Å². The standard InChI is InChI=1S/C22H26ClN3O4S/c1-30-13-10-24-21(28)19(25-20(27)18-3-2-14-31-18)15-8-11-26(12-9-15)22(29)16-4-6-17(23)7-5-16/h2-7,14-15,19H,8-13H2,1H3,(H,24,28)(H,25,27)/t19-/m0/s1. The van der Waals surface area contributed by atoms with Gasteiger partial charge in [0, 0.05) is 37.3 Å². The van der Waals surface area contributed by atoms with E-state index in [9.17, 15) is 14.4 Å². The Labute approximate surface area is 190 Å². The first kappa shape index (κ1) is 23.2. The molecule has 31 heavy (non-hydrogen) atoms. The highest BCUT2D eigenvalue weighted by atomic mass is 35.5. The van der Waals surface area contributed by atoms with Crippen LogP contribution in [-0.2, 0) is 9.53 Å². The molecule has 1 aromatic heterocycles. The Kier molecular flexibility index (Phi) is 8.45. The van der Waals surface area contributed by atoms with E-state index in [1.54, 1.807) is 48.4 Å². The molecule has 0 radical (unpaired) electrons. The average Bonchev–Trinajstić information content (AvgIpc) is 3.33. The average molecular weight is 464 g/mol. The number of benzene rings is 1. The monoisotopic (exact) mass is 463 g/mol. The van der Waals surface area contributed by atoms with Gasteiger partial charge in [0.2, 0.25) is 5.91 Å². The zero-order valence-electron chi connectivity index (χ0n) is 17.3. The van der Waals surface area contributed by atoms with Crippen LogP contribution < -0.4 is 10.6 Å². The molecule has 2 heterocycles. The summed E-state index contributed by atoms with van der Waals surface area (Å²) in [6.45, 7) is 1.80. The molecule has 0 spiro atoms. The Hall–Kier alpha value is -2.42. The van der Waals surface area contributed by atoms with Crippen LogP contribution in [0.1, 0.15) is 32.9 Å². The number of rotatable bonds is 8. The number of nitrogens with one attached hydrogen (secondary N) is 2. The van der Waals surface area contributed by atoms with Crippen molar-refractivity contribution in [2.24, 2.45) is 5.92 Å². The van der Waals surface area contributed by atoms with Crippen LogP contribution >= 0.6 is 22.9 Å². The van der Waals surface area contributed by atoms with Gasteiger partial charge in [-0.05, 0) is 54.5 Å². The zero-order chi connectivity index (χ0) is 22.2. The van der Waals surface area contributed by atoms with Crippen LogP contribution in [-0.4, -0.2) is 62.0 Å². The summed E-state index contributed by atoms with van der Waals surface area (Å²) in [5.41, 5.74) is 0.586. The number of ether oxygens (including phenoxy) is 1. The minimum Gasteiger partial charge on any atom is -0.383 e. The van der Waals surface area contributed by atoms with Gasteiger partial charge in [0.25, 0.3) is 11.8 Å². The Balaban J connectivity index is 1.64. The van der Waals surface area contributed by atoms with Crippen LogP contribution in [0.5, 0.6) is 0 Å². The number of carbonyl (C=O) groups is 3. The number of carbonyl (C=O) groups excluding carboxylic acids is 3. The number of hydrogen-bond acceptors (Lipinski definition) is 5. The molecule has 0 unspecified atom stereocenters. The first-order chi connectivity index (χ1) is 15.0. The fourth-order valence-electron chi connectivity index (χ4n) is 3.61. The summed E-state index contributed by atoms with van der Waals surface area (Å²) in [6.07, 6.45) is 1.23. The maximum atomic E-state index is 12.8. The van der Waals surface area contributed by atoms with E-state index in [1.165, 1.54) is 11.3 Å². The molecule has 3 amide bonds. The van der Waals surface area contributed by atoms with Crippen LogP contribution in [0.15, 0.2) is 41.8 Å². The number of piperidine rings is 1. The molecule has 0 saturated carbocycles. The number of methoxy groups -OCH3 is 1. The molecule has 1 aliphatic heterocycles. The van der Waals surface area contributed by atoms with Crippen molar-refractivity contribution in [3.05, 3.63) is 57.2 Å². The van der Waals surface area contributed by atoms with E-state index in [4.69, 9.17) is 16.3 Å². The lowest BCUT2D eigenvalue weighted by Crippen LogP contribution is -2.54. The molecular weight excluding hydrogens is 438 g/mol. The fraction of sp³-hybridized carbons (Fsp3) is 0.409. The Bertz CT molecular complexity index is 881. The summed E-state index contributed by atoms with van der Waals surface area (Å²) < 4.78 is 4.99. The minimum absolute atomic E-state index is 0.0566. The third kappa shape index (κ3) is 6.29. The number of thiophene rings is 1. The number of amides is 3. The molecule has 3 rings (SSSR count). The molecule has 1 fully saturated rings. The van der Waals surface area contributed by atoms with E-state index >= 15 is 0 Å². The maximum absolute atomic E-state index is 12.8. The zero-order valence-corrected chi connectivity index (χ0v) is 18.9. The normalized spacial score (nSPS) is 15.4. The number of nitrogens with zero attached hydrogens (tertiary/aromatic N) is 1. The molecule has 1 saturated heterocycles. The molecule has 2 N–H and O–H groups in total. The third-order valence-electron chi connectivity index (χ3n) is 5.31. The number of hydrogen-bond donors (Lipinski definition) is 2. The number of likely N-dealkylation sites (tertiary alicyclic amines) is 1. The molecule has 9 heteroatoms. The highest BCUT2D eigenvalue weighted by Crippen LogP contribution is 2.23. The van der Waals surface area contributed by atoms with E-state index in [0.717, 1.165) is 0 Å². The highest BCUT2D eigenvalue weighted by molar-refractivity contribution is 7.12. The Morgan fingerprint density at radius 3 is 2.52 bits per heavy atom. The van der Waals surface area contributed by atoms with Gasteiger partial charge in [-0.3, -0.25) is 14.4 Å². The Morgan fingerprint density at radius 2 is 1.90 bits per heavy atom. The van der Waals surface area contributed by atoms with E-state index in [-0.39, 0.29) is 23.6 Å². The largest absolute Gasteiger partial charge is 0.383 e. The second kappa shape index (κ2) is 11.3. The lowest BCUT2D eigenvalue weighted by Gasteiger charge is -2.35. The molecular formula is C22H26ClN3O4S. The second-order valence-corrected chi connectivity index (χ2v) is 8.73. The van der Waals surface area contributed by atoms with Gasteiger partial charge in [-0.1, -0.05) is 17.7 Å². The SMILES string of the molecule is COCCNC(=O)[C@@H](NC(=O)c1cccs1)C1CCN(C(=O)c2ccc(Cl)cc2)CC1. The van der Waals surface area contributed by atoms with Crippen molar-refractivity contribution in [1.29, 1.82) is 0 Å². The van der Waals surface area contributed by atoms with Gasteiger partial charge < -0.3 is 20.3 Å². The van der Waals surface area contributed by atoms with Crippen molar-refractivity contribution in [2.75, 3.05) is 33.4 Å². The fourth-order valence-corrected chi connectivity index (χ4v) is 4.37. The first-order valence-electron chi connectivity index (χ1n) is 10.2. The van der Waals surface area contributed by atoms with E-state index in [0.29, 0.717) is 54.5 Å². The van der Waals surface area contributed by atoms with Gasteiger partial charge in [-0.2, -0.15) is 0 Å². The van der Waals surface area contributed by atoms with Crippen molar-refractivity contribution in [3.63, 3.8) is 0 Å². The van der Waals surface area contributed by atoms with Crippen molar-refractivity contribution < 1.29 is 19.1 Å². The van der Waals surface area contributed by atoms with Crippen LogP contribution in [0.3, 0.4) is 0 Å². The molecule has 166 valence electrons. The van der Waals surface area contributed by atoms with Crippen molar-refractivity contribution in [2.45, 2.75) is 18.9 Å². The summed E-state index contributed by atoms with van der Waals surface area (Å²) in [6, 6.07) is 9.68. The lowest BCUT2D eigenvalue weighted by atomic mass is 9.88. The van der Waals surface area contributed by atoms with Crippen LogP contribution in [0.2, 0.25) is 5.02 Å². The summed E-state index contributed by atoms with van der Waals surface area (Å²) >= 11 is 7.24. The van der Waals surface area contributed by atoms with Gasteiger partial charge in [-0.15, -0.1) is 11.3 Å². The van der Waals surface area contributed by atoms with Crippen LogP contribution in [0.25, 0.3) is 0 Å². The molecule has 2 aromatic rings. The van der Waals surface area contributed by atoms with Gasteiger partial charge >= 0.3 is 0 Å². The predicted molar refractivity (Wildman–Crippen MR) is 121 cm³/mol. The van der Waals surface area contributed by atoms with E-state index < -0.39 is 6.04 Å². The molecule has 0 bridgehead atoms. The van der Waals surface area contributed by atoms with Gasteiger partial charge in [-0.25, -0.2) is 0 Å². The van der Waals surface area contributed by atoms with Gasteiger partial charge in [0.1, 0.15) is 6.04 Å². The first-order valence-corrected chi connectivity index (χ1v) is 11.4. The molecule has 7 nitrogen and oxygen atoms in total. The summed E-state index contributed by atoms with van der Waals surface area (Å²) in [5.74, 6) is -0.620. The number of halogens is 1. The summed E-state index contributed by atoms with van der Waals surface area (Å²) in [5, 5.41) is 8.13. The van der Waals surface area contributed by atoms with Crippen molar-refractivity contribution in [3.8, 4) is 0 Å². The van der Waals surface area contributed by atoms with Crippen molar-refractivity contribution >= 4 is 40.7 Å². The summed E-state index contributed by atoms with van der Waals surface area (Å²) in [7, 11) is 1.57. The quantitative estimate of drug-likeness (QED) is 0.589. The van der Waals surface area contributed by atoms with E-state index in [1.807, 2.05) is 5.38 Å². The second-order valence-electron chi connectivity index (χ2n) is 7.35. The smallest absolute Gasteiger partial charge is 0.262 e. The predicted octanol–water partition coefficient (Wildman–Crippen LogP) is 2.81. The Morgan fingerprint density at radius 1 is 1.19 bits per heavy atom. The maximum Gasteiger partial charge on any atom is 0.262 e.